The van der Waals surface area contributed by atoms with Crippen LogP contribution in [0.3, 0.4) is 0 Å². The second-order valence-corrected chi connectivity index (χ2v) is 6.60. The van der Waals surface area contributed by atoms with Crippen molar-refractivity contribution in [1.29, 1.82) is 0 Å². The lowest BCUT2D eigenvalue weighted by atomic mass is 9.99. The number of benzene rings is 2. The monoisotopic (exact) mass is 352 g/mol. The van der Waals surface area contributed by atoms with Crippen LogP contribution < -0.4 is 5.76 Å². The summed E-state index contributed by atoms with van der Waals surface area (Å²) in [5, 5.41) is 0. The second-order valence-electron chi connectivity index (χ2n) is 6.60. The van der Waals surface area contributed by atoms with Crippen molar-refractivity contribution in [2.24, 2.45) is 0 Å². The maximum absolute atomic E-state index is 12.6. The topological polar surface area (TPSA) is 64.7 Å². The van der Waals surface area contributed by atoms with Crippen LogP contribution in [-0.4, -0.2) is 35.1 Å². The van der Waals surface area contributed by atoms with Gasteiger partial charge in [0.15, 0.2) is 5.58 Å². The van der Waals surface area contributed by atoms with Crippen LogP contribution in [0, 0.1) is 0 Å². The number of carbonyl (C=O) groups is 1. The smallest absolute Gasteiger partial charge is 0.408 e. The summed E-state index contributed by atoms with van der Waals surface area (Å²) in [4.78, 5) is 26.2. The first-order valence-electron chi connectivity index (χ1n) is 8.62. The summed E-state index contributed by atoms with van der Waals surface area (Å²) in [6.07, 6.45) is 0.735. The fourth-order valence-electron chi connectivity index (χ4n) is 3.35. The van der Waals surface area contributed by atoms with Crippen LogP contribution in [0.1, 0.15) is 11.1 Å². The van der Waals surface area contributed by atoms with Crippen LogP contribution in [0.5, 0.6) is 0 Å². The molecule has 1 atom stereocenters. The van der Waals surface area contributed by atoms with E-state index in [4.69, 9.17) is 9.15 Å². The minimum absolute atomic E-state index is 0.0448. The van der Waals surface area contributed by atoms with E-state index < -0.39 is 5.76 Å². The van der Waals surface area contributed by atoms with E-state index >= 15 is 0 Å². The van der Waals surface area contributed by atoms with Gasteiger partial charge in [0.25, 0.3) is 0 Å². The van der Waals surface area contributed by atoms with Gasteiger partial charge in [-0.05, 0) is 23.3 Å². The molecule has 6 heteroatoms. The van der Waals surface area contributed by atoms with Gasteiger partial charge in [-0.25, -0.2) is 4.79 Å². The average Bonchev–Trinajstić information content (AvgIpc) is 2.97. The van der Waals surface area contributed by atoms with Gasteiger partial charge < -0.3 is 14.1 Å². The third-order valence-corrected chi connectivity index (χ3v) is 4.81. The van der Waals surface area contributed by atoms with Gasteiger partial charge in [-0.2, -0.15) is 0 Å². The number of amides is 1. The minimum Gasteiger partial charge on any atom is -0.408 e. The van der Waals surface area contributed by atoms with Gasteiger partial charge in [0.1, 0.15) is 6.54 Å². The van der Waals surface area contributed by atoms with Crippen molar-refractivity contribution in [2.75, 3.05) is 13.6 Å². The minimum atomic E-state index is -0.518. The zero-order valence-corrected chi connectivity index (χ0v) is 14.6. The normalized spacial score (nSPS) is 16.4. The van der Waals surface area contributed by atoms with E-state index in [1.54, 1.807) is 30.1 Å². The van der Waals surface area contributed by atoms with Crippen molar-refractivity contribution >= 4 is 17.0 Å². The lowest BCUT2D eigenvalue weighted by molar-refractivity contribution is -0.132. The van der Waals surface area contributed by atoms with Gasteiger partial charge in [-0.1, -0.05) is 36.4 Å². The number of fused-ring (bicyclic) bond motifs is 2. The van der Waals surface area contributed by atoms with Crippen LogP contribution in [0.15, 0.2) is 57.7 Å². The van der Waals surface area contributed by atoms with E-state index in [9.17, 15) is 9.59 Å². The maximum atomic E-state index is 12.6. The Morgan fingerprint density at radius 2 is 1.88 bits per heavy atom. The number of para-hydroxylation sites is 2. The highest BCUT2D eigenvalue weighted by Crippen LogP contribution is 2.21. The number of rotatable bonds is 4. The van der Waals surface area contributed by atoms with Crippen molar-refractivity contribution in [2.45, 2.75) is 25.7 Å². The Kier molecular flexibility index (Phi) is 4.34. The predicted molar refractivity (Wildman–Crippen MR) is 96.8 cm³/mol. The molecule has 26 heavy (non-hydrogen) atoms. The van der Waals surface area contributed by atoms with E-state index in [2.05, 4.69) is 12.1 Å². The van der Waals surface area contributed by atoms with Crippen molar-refractivity contribution in [3.63, 3.8) is 0 Å². The van der Waals surface area contributed by atoms with E-state index in [1.165, 1.54) is 15.7 Å². The molecule has 0 fully saturated rings. The summed E-state index contributed by atoms with van der Waals surface area (Å²) in [7, 11) is 1.74. The van der Waals surface area contributed by atoms with Crippen LogP contribution in [0.2, 0.25) is 0 Å². The summed E-state index contributed by atoms with van der Waals surface area (Å²) >= 11 is 0. The Balaban J connectivity index is 1.44. The molecule has 1 aromatic heterocycles. The molecule has 0 radical (unpaired) electrons. The lowest BCUT2D eigenvalue weighted by Crippen LogP contribution is -2.40. The van der Waals surface area contributed by atoms with Gasteiger partial charge in [0, 0.05) is 20.0 Å². The molecule has 0 bridgehead atoms. The largest absolute Gasteiger partial charge is 0.420 e. The first kappa shape index (κ1) is 16.6. The SMILES string of the molecule is CN(C[C@@H]1Cc2ccccc2CO1)C(=O)Cn1c(=O)oc2ccccc21. The number of oxazole rings is 1. The fourth-order valence-corrected chi connectivity index (χ4v) is 3.35. The van der Waals surface area contributed by atoms with E-state index in [0.29, 0.717) is 24.3 Å². The van der Waals surface area contributed by atoms with Gasteiger partial charge in [0.2, 0.25) is 5.91 Å². The maximum Gasteiger partial charge on any atom is 0.420 e. The first-order chi connectivity index (χ1) is 12.6. The molecular formula is C20H20N2O4. The Bertz CT molecular complexity index is 1000. The number of hydrogen-bond acceptors (Lipinski definition) is 4. The van der Waals surface area contributed by atoms with Gasteiger partial charge in [0.05, 0.1) is 18.2 Å². The molecule has 0 aliphatic carbocycles. The molecule has 0 spiro atoms. The van der Waals surface area contributed by atoms with Crippen LogP contribution in [-0.2, 0) is 29.1 Å². The van der Waals surface area contributed by atoms with Crippen molar-refractivity contribution in [3.8, 4) is 0 Å². The zero-order chi connectivity index (χ0) is 18.1. The number of nitrogens with zero attached hydrogens (tertiary/aromatic N) is 2. The Hall–Kier alpha value is -2.86. The van der Waals surface area contributed by atoms with Crippen molar-refractivity contribution in [3.05, 3.63) is 70.2 Å². The number of ether oxygens (including phenoxy) is 1. The molecule has 3 aromatic rings. The molecule has 1 aliphatic heterocycles. The number of aromatic nitrogens is 1. The van der Waals surface area contributed by atoms with Crippen LogP contribution in [0.25, 0.3) is 11.1 Å². The third kappa shape index (κ3) is 3.15. The number of likely N-dealkylation sites (N-methyl/N-ethyl adjacent to an activating group) is 1. The summed E-state index contributed by atoms with van der Waals surface area (Å²) in [5.74, 6) is -0.670. The summed E-state index contributed by atoms with van der Waals surface area (Å²) in [6.45, 7) is 1.00. The Labute approximate surface area is 150 Å². The van der Waals surface area contributed by atoms with Crippen LogP contribution in [0.4, 0.5) is 0 Å². The standard InChI is InChI=1S/C20H20N2O4/c1-21(11-16-10-14-6-2-3-7-15(14)13-25-16)19(23)12-22-17-8-4-5-9-18(17)26-20(22)24/h2-9,16H,10-13H2,1H3/t16-/m0/s1. The second kappa shape index (κ2) is 6.80. The van der Waals surface area contributed by atoms with Gasteiger partial charge in [-0.15, -0.1) is 0 Å². The van der Waals surface area contributed by atoms with E-state index in [-0.39, 0.29) is 18.6 Å². The molecule has 2 aromatic carbocycles. The third-order valence-electron chi connectivity index (χ3n) is 4.81. The molecule has 6 nitrogen and oxygen atoms in total. The Morgan fingerprint density at radius 1 is 1.15 bits per heavy atom. The first-order valence-corrected chi connectivity index (χ1v) is 8.62. The van der Waals surface area contributed by atoms with E-state index in [0.717, 1.165) is 6.42 Å². The molecule has 1 amide bonds. The van der Waals surface area contributed by atoms with Gasteiger partial charge in [-0.3, -0.25) is 9.36 Å². The zero-order valence-electron chi connectivity index (χ0n) is 14.6. The highest BCUT2D eigenvalue weighted by molar-refractivity contribution is 5.79. The fraction of sp³-hybridized carbons (Fsp3) is 0.300. The highest BCUT2D eigenvalue weighted by atomic mass is 16.5. The summed E-state index contributed by atoms with van der Waals surface area (Å²) in [5.41, 5.74) is 3.58. The van der Waals surface area contributed by atoms with Crippen LogP contribution >= 0.6 is 0 Å². The molecule has 1 aliphatic rings. The average molecular weight is 352 g/mol. The molecule has 0 saturated carbocycles. The van der Waals surface area contributed by atoms with Crippen molar-refractivity contribution < 1.29 is 13.9 Å². The van der Waals surface area contributed by atoms with Crippen molar-refractivity contribution in [1.82, 2.24) is 9.47 Å². The van der Waals surface area contributed by atoms with E-state index in [1.807, 2.05) is 18.2 Å². The molecule has 2 heterocycles. The number of hydrogen-bond donors (Lipinski definition) is 0. The molecule has 0 unspecified atom stereocenters. The molecular weight excluding hydrogens is 332 g/mol. The lowest BCUT2D eigenvalue weighted by Gasteiger charge is -2.29. The molecule has 0 N–H and O–H groups in total. The summed E-state index contributed by atoms with van der Waals surface area (Å²) < 4.78 is 12.4. The predicted octanol–water partition coefficient (Wildman–Crippen LogP) is 2.19. The highest BCUT2D eigenvalue weighted by Gasteiger charge is 2.23. The quantitative estimate of drug-likeness (QED) is 0.722. The summed E-state index contributed by atoms with van der Waals surface area (Å²) in [6, 6.07) is 15.3. The van der Waals surface area contributed by atoms with Gasteiger partial charge >= 0.3 is 5.76 Å². The number of carbonyl (C=O) groups excluding carboxylic acids is 1. The molecule has 0 saturated heterocycles. The molecule has 4 rings (SSSR count). The Morgan fingerprint density at radius 3 is 2.73 bits per heavy atom. The molecule has 134 valence electrons.